The molecule has 0 saturated carbocycles. The average Bonchev–Trinajstić information content (AvgIpc) is 2.59. The molecule has 1 unspecified atom stereocenters. The van der Waals surface area contributed by atoms with E-state index in [9.17, 15) is 14.9 Å². The van der Waals surface area contributed by atoms with Crippen molar-refractivity contribution in [1.82, 2.24) is 15.4 Å². The zero-order valence-electron chi connectivity index (χ0n) is 13.6. The maximum absolute atomic E-state index is 12.1. The normalized spacial score (nSPS) is 11.5. The van der Waals surface area contributed by atoms with Gasteiger partial charge in [0.25, 0.3) is 5.91 Å². The highest BCUT2D eigenvalue weighted by Crippen LogP contribution is 2.29. The highest BCUT2D eigenvalue weighted by Gasteiger charge is 2.24. The zero-order chi connectivity index (χ0) is 18.4. The molecular weight excluding hydrogens is 348 g/mol. The number of halogens is 1. The molecule has 9 nitrogen and oxygen atoms in total. The molecule has 10 heteroatoms. The van der Waals surface area contributed by atoms with Gasteiger partial charge < -0.3 is 5.32 Å². The lowest BCUT2D eigenvalue weighted by Gasteiger charge is -2.14. The third kappa shape index (κ3) is 4.54. The van der Waals surface area contributed by atoms with Gasteiger partial charge in [-0.25, -0.2) is 9.97 Å². The van der Waals surface area contributed by atoms with Crippen LogP contribution < -0.4 is 16.2 Å². The number of rotatable bonds is 7. The molecule has 1 atom stereocenters. The molecule has 3 N–H and O–H groups in total. The fourth-order valence-electron chi connectivity index (χ4n) is 1.91. The Bertz CT molecular complexity index is 786. The number of nitrogens with one attached hydrogen (secondary N) is 3. The molecule has 25 heavy (non-hydrogen) atoms. The second-order valence-electron chi connectivity index (χ2n) is 5.19. The quantitative estimate of drug-likeness (QED) is 0.509. The van der Waals surface area contributed by atoms with Crippen LogP contribution in [-0.4, -0.2) is 26.8 Å². The number of anilines is 2. The molecule has 1 heterocycles. The molecule has 0 fully saturated rings. The molecule has 1 aromatic carbocycles. The summed E-state index contributed by atoms with van der Waals surface area (Å²) in [7, 11) is 0. The van der Waals surface area contributed by atoms with Gasteiger partial charge in [0.15, 0.2) is 0 Å². The lowest BCUT2D eigenvalue weighted by Crippen LogP contribution is -2.30. The molecule has 1 aromatic heterocycles. The Morgan fingerprint density at radius 2 is 2.00 bits per heavy atom. The van der Waals surface area contributed by atoms with Gasteiger partial charge in [0, 0.05) is 6.04 Å². The van der Waals surface area contributed by atoms with E-state index < -0.39 is 10.8 Å². The average molecular weight is 365 g/mol. The number of aromatic nitrogens is 2. The van der Waals surface area contributed by atoms with Gasteiger partial charge in [-0.15, -0.1) is 0 Å². The second-order valence-corrected chi connectivity index (χ2v) is 5.60. The van der Waals surface area contributed by atoms with Gasteiger partial charge in [0.1, 0.15) is 6.33 Å². The van der Waals surface area contributed by atoms with Crippen molar-refractivity contribution in [2.75, 3.05) is 10.7 Å². The molecule has 2 rings (SSSR count). The number of carbonyl (C=O) groups is 1. The molecule has 0 aliphatic carbocycles. The van der Waals surface area contributed by atoms with Crippen molar-refractivity contribution >= 4 is 34.8 Å². The fraction of sp³-hybridized carbons (Fsp3) is 0.267. The number of hydrogen-bond acceptors (Lipinski definition) is 7. The van der Waals surface area contributed by atoms with Gasteiger partial charge in [-0.05, 0) is 25.5 Å². The SMILES string of the molecule is CCC(C)Nc1ncnc(NNC(=O)c2ccccc2Cl)c1[N+](=O)[O-]. The zero-order valence-corrected chi connectivity index (χ0v) is 14.4. The van der Waals surface area contributed by atoms with Crippen molar-refractivity contribution in [1.29, 1.82) is 0 Å². The highest BCUT2D eigenvalue weighted by atomic mass is 35.5. The predicted octanol–water partition coefficient (Wildman–Crippen LogP) is 3.01. The molecule has 0 bridgehead atoms. The van der Waals surface area contributed by atoms with E-state index in [0.717, 1.165) is 6.42 Å². The molecule has 1 amide bonds. The number of hydrogen-bond donors (Lipinski definition) is 3. The number of nitro groups is 1. The maximum atomic E-state index is 12.1. The lowest BCUT2D eigenvalue weighted by atomic mass is 10.2. The number of amides is 1. The molecule has 0 saturated heterocycles. The van der Waals surface area contributed by atoms with Crippen LogP contribution in [0.2, 0.25) is 5.02 Å². The van der Waals surface area contributed by atoms with Crippen LogP contribution in [0.25, 0.3) is 0 Å². The first kappa shape index (κ1) is 18.4. The van der Waals surface area contributed by atoms with E-state index in [1.165, 1.54) is 12.4 Å². The van der Waals surface area contributed by atoms with E-state index in [0.29, 0.717) is 0 Å². The largest absolute Gasteiger partial charge is 0.362 e. The molecular formula is C15H17ClN6O3. The number of benzene rings is 1. The van der Waals surface area contributed by atoms with Crippen LogP contribution in [-0.2, 0) is 0 Å². The molecule has 0 radical (unpaired) electrons. The summed E-state index contributed by atoms with van der Waals surface area (Å²) in [5, 5.41) is 14.6. The molecule has 0 aliphatic rings. The van der Waals surface area contributed by atoms with Crippen molar-refractivity contribution in [2.45, 2.75) is 26.3 Å². The van der Waals surface area contributed by atoms with Crippen molar-refractivity contribution in [3.05, 3.63) is 51.3 Å². The van der Waals surface area contributed by atoms with E-state index in [4.69, 9.17) is 11.6 Å². The van der Waals surface area contributed by atoms with Crippen molar-refractivity contribution in [2.24, 2.45) is 0 Å². The molecule has 2 aromatic rings. The van der Waals surface area contributed by atoms with E-state index in [1.54, 1.807) is 18.2 Å². The minimum Gasteiger partial charge on any atom is -0.362 e. The molecule has 132 valence electrons. The van der Waals surface area contributed by atoms with Gasteiger partial charge >= 0.3 is 5.69 Å². The van der Waals surface area contributed by atoms with Crippen molar-refractivity contribution in [3.8, 4) is 0 Å². The summed E-state index contributed by atoms with van der Waals surface area (Å²) in [4.78, 5) is 30.7. The van der Waals surface area contributed by atoms with Crippen LogP contribution in [0.4, 0.5) is 17.3 Å². The standard InChI is InChI=1S/C15H17ClN6O3/c1-3-9(2)19-13-12(22(24)25)14(18-8-17-13)20-21-15(23)10-6-4-5-7-11(10)16/h4-9H,3H2,1-2H3,(H,21,23)(H2,17,18,19,20). The van der Waals surface area contributed by atoms with Crippen LogP contribution in [0, 0.1) is 10.1 Å². The van der Waals surface area contributed by atoms with E-state index >= 15 is 0 Å². The monoisotopic (exact) mass is 364 g/mol. The number of carbonyl (C=O) groups excluding carboxylic acids is 1. The van der Waals surface area contributed by atoms with Crippen LogP contribution in [0.3, 0.4) is 0 Å². The minimum atomic E-state index is -0.616. The van der Waals surface area contributed by atoms with E-state index in [1.807, 2.05) is 13.8 Å². The third-order valence-corrected chi connectivity index (χ3v) is 3.74. The van der Waals surface area contributed by atoms with Crippen molar-refractivity contribution < 1.29 is 9.72 Å². The van der Waals surface area contributed by atoms with Gasteiger partial charge in [-0.2, -0.15) is 0 Å². The lowest BCUT2D eigenvalue weighted by molar-refractivity contribution is -0.383. The van der Waals surface area contributed by atoms with Gasteiger partial charge in [0.05, 0.1) is 15.5 Å². The Morgan fingerprint density at radius 3 is 2.64 bits per heavy atom. The summed E-state index contributed by atoms with van der Waals surface area (Å²) in [6.45, 7) is 3.81. The molecule has 0 spiro atoms. The Balaban J connectivity index is 2.21. The van der Waals surface area contributed by atoms with Crippen LogP contribution in [0.15, 0.2) is 30.6 Å². The second kappa shape index (κ2) is 8.25. The molecule has 0 aliphatic heterocycles. The highest BCUT2D eigenvalue weighted by molar-refractivity contribution is 6.33. The summed E-state index contributed by atoms with van der Waals surface area (Å²) >= 11 is 5.95. The van der Waals surface area contributed by atoms with Gasteiger partial charge in [-0.1, -0.05) is 30.7 Å². The third-order valence-electron chi connectivity index (χ3n) is 3.41. The Morgan fingerprint density at radius 1 is 1.32 bits per heavy atom. The summed E-state index contributed by atoms with van der Waals surface area (Å²) in [5.74, 6) is -0.606. The first-order chi connectivity index (χ1) is 11.9. The fourth-order valence-corrected chi connectivity index (χ4v) is 2.13. The van der Waals surface area contributed by atoms with Gasteiger partial charge in [0.2, 0.25) is 11.6 Å². The predicted molar refractivity (Wildman–Crippen MR) is 94.6 cm³/mol. The summed E-state index contributed by atoms with van der Waals surface area (Å²) in [6, 6.07) is 6.43. The summed E-state index contributed by atoms with van der Waals surface area (Å²) in [6.07, 6.45) is 1.93. The smallest absolute Gasteiger partial charge is 0.354 e. The Kier molecular flexibility index (Phi) is 6.07. The Hall–Kier alpha value is -2.94. The van der Waals surface area contributed by atoms with Crippen LogP contribution in [0.1, 0.15) is 30.6 Å². The van der Waals surface area contributed by atoms with Crippen LogP contribution in [0.5, 0.6) is 0 Å². The summed E-state index contributed by atoms with van der Waals surface area (Å²) in [5.41, 5.74) is 4.68. The van der Waals surface area contributed by atoms with E-state index in [-0.39, 0.29) is 34.0 Å². The van der Waals surface area contributed by atoms with Gasteiger partial charge in [-0.3, -0.25) is 25.8 Å². The Labute approximate surface area is 148 Å². The van der Waals surface area contributed by atoms with E-state index in [2.05, 4.69) is 26.1 Å². The maximum Gasteiger partial charge on any atom is 0.354 e. The topological polar surface area (TPSA) is 122 Å². The first-order valence-corrected chi connectivity index (χ1v) is 7.88. The minimum absolute atomic E-state index is 0.0147. The van der Waals surface area contributed by atoms with Crippen molar-refractivity contribution in [3.63, 3.8) is 0 Å². The number of hydrazine groups is 1. The summed E-state index contributed by atoms with van der Waals surface area (Å²) < 4.78 is 0. The first-order valence-electron chi connectivity index (χ1n) is 7.50. The number of nitrogens with zero attached hydrogens (tertiary/aromatic N) is 3. The van der Waals surface area contributed by atoms with Crippen LogP contribution >= 0.6 is 11.6 Å².